The Balaban J connectivity index is 1.27. The number of hydrogen-bond donors (Lipinski definition) is 1. The average Bonchev–Trinajstić information content (AvgIpc) is 3.20. The van der Waals surface area contributed by atoms with E-state index < -0.39 is 0 Å². The Hall–Kier alpha value is -2.06. The van der Waals surface area contributed by atoms with Crippen LogP contribution >= 0.6 is 34.7 Å². The summed E-state index contributed by atoms with van der Waals surface area (Å²) in [6, 6.07) is 15.8. The number of carbonyl (C=O) groups excluding carboxylic acids is 1. The Morgan fingerprint density at radius 2 is 2.00 bits per heavy atom. The van der Waals surface area contributed by atoms with Crippen molar-refractivity contribution in [2.24, 2.45) is 0 Å². The van der Waals surface area contributed by atoms with Crippen molar-refractivity contribution in [3.05, 3.63) is 70.2 Å². The molecule has 1 aliphatic rings. The maximum atomic E-state index is 12.4. The second-order valence-electron chi connectivity index (χ2n) is 6.89. The first-order chi connectivity index (χ1) is 14.7. The van der Waals surface area contributed by atoms with Crippen molar-refractivity contribution in [3.63, 3.8) is 0 Å². The van der Waals surface area contributed by atoms with Crippen LogP contribution in [0.5, 0.6) is 0 Å². The van der Waals surface area contributed by atoms with Crippen LogP contribution in [0.25, 0.3) is 0 Å². The maximum Gasteiger partial charge on any atom is 0.230 e. The molecule has 5 nitrogen and oxygen atoms in total. The fourth-order valence-corrected chi connectivity index (χ4v) is 5.16. The highest BCUT2D eigenvalue weighted by molar-refractivity contribution is 8.00. The summed E-state index contributed by atoms with van der Waals surface area (Å²) in [5.74, 6) is 0.737. The highest BCUT2D eigenvalue weighted by Crippen LogP contribution is 2.27. The number of anilines is 2. The minimum absolute atomic E-state index is 0.0641. The number of halogens is 1. The number of carbonyl (C=O) groups is 1. The average molecular weight is 460 g/mol. The normalized spacial score (nSPS) is 14.0. The van der Waals surface area contributed by atoms with E-state index in [0.29, 0.717) is 0 Å². The summed E-state index contributed by atoms with van der Waals surface area (Å²) < 4.78 is 6.34. The van der Waals surface area contributed by atoms with Gasteiger partial charge in [-0.15, -0.1) is 11.3 Å². The van der Waals surface area contributed by atoms with E-state index >= 15 is 0 Å². The Bertz CT molecular complexity index is 988. The number of rotatable bonds is 7. The van der Waals surface area contributed by atoms with Crippen LogP contribution < -0.4 is 10.2 Å². The molecule has 2 aromatic carbocycles. The van der Waals surface area contributed by atoms with Gasteiger partial charge in [0, 0.05) is 40.6 Å². The van der Waals surface area contributed by atoms with Crippen LogP contribution in [0.15, 0.2) is 58.3 Å². The Morgan fingerprint density at radius 1 is 1.20 bits per heavy atom. The number of hydrogen-bond acceptors (Lipinski definition) is 6. The van der Waals surface area contributed by atoms with Gasteiger partial charge in [0.25, 0.3) is 0 Å². The summed E-state index contributed by atoms with van der Waals surface area (Å²) in [4.78, 5) is 19.3. The molecule has 1 fully saturated rings. The van der Waals surface area contributed by atoms with Gasteiger partial charge in [-0.1, -0.05) is 35.5 Å². The summed E-state index contributed by atoms with van der Waals surface area (Å²) >= 11 is 9.24. The van der Waals surface area contributed by atoms with Gasteiger partial charge in [0.15, 0.2) is 0 Å². The zero-order valence-electron chi connectivity index (χ0n) is 16.3. The molecule has 30 heavy (non-hydrogen) atoms. The van der Waals surface area contributed by atoms with Gasteiger partial charge in [-0.2, -0.15) is 0 Å². The summed E-state index contributed by atoms with van der Waals surface area (Å²) in [6.07, 6.45) is 0.263. The third-order valence-electron chi connectivity index (χ3n) is 4.65. The molecule has 0 atom stereocenters. The number of benzene rings is 2. The molecule has 1 aliphatic heterocycles. The van der Waals surface area contributed by atoms with Gasteiger partial charge in [-0.3, -0.25) is 4.79 Å². The molecule has 2 heterocycles. The molecular formula is C22H22ClN3O2S2. The number of nitrogens with one attached hydrogen (secondary N) is 1. The molecule has 1 N–H and O–H groups in total. The van der Waals surface area contributed by atoms with Crippen LogP contribution in [0.3, 0.4) is 0 Å². The Morgan fingerprint density at radius 3 is 2.77 bits per heavy atom. The van der Waals surface area contributed by atoms with Crippen molar-refractivity contribution in [3.8, 4) is 0 Å². The van der Waals surface area contributed by atoms with Crippen LogP contribution in [-0.4, -0.2) is 37.2 Å². The van der Waals surface area contributed by atoms with Crippen LogP contribution in [0, 0.1) is 0 Å². The molecule has 0 bridgehead atoms. The number of amides is 1. The van der Waals surface area contributed by atoms with Crippen LogP contribution in [-0.2, 0) is 21.7 Å². The maximum absolute atomic E-state index is 12.4. The predicted octanol–water partition coefficient (Wildman–Crippen LogP) is 5.11. The van der Waals surface area contributed by atoms with Crippen LogP contribution in [0.2, 0.25) is 5.02 Å². The van der Waals surface area contributed by atoms with Crippen LogP contribution in [0.4, 0.5) is 11.4 Å². The van der Waals surface area contributed by atoms with Crippen molar-refractivity contribution in [2.75, 3.05) is 36.5 Å². The summed E-state index contributed by atoms with van der Waals surface area (Å²) in [5.41, 5.74) is 3.89. The largest absolute Gasteiger partial charge is 0.378 e. The Labute approximate surface area is 189 Å². The smallest absolute Gasteiger partial charge is 0.230 e. The monoisotopic (exact) mass is 459 g/mol. The molecule has 4 rings (SSSR count). The highest BCUT2D eigenvalue weighted by atomic mass is 35.5. The van der Waals surface area contributed by atoms with E-state index in [9.17, 15) is 4.79 Å². The molecule has 1 aromatic heterocycles. The third-order valence-corrected chi connectivity index (χ3v) is 7.03. The van der Waals surface area contributed by atoms with Crippen LogP contribution in [0.1, 0.15) is 11.3 Å². The highest BCUT2D eigenvalue weighted by Gasteiger charge is 2.12. The molecule has 0 spiro atoms. The van der Waals surface area contributed by atoms with Crippen molar-refractivity contribution in [1.82, 2.24) is 4.98 Å². The van der Waals surface area contributed by atoms with Crippen molar-refractivity contribution >= 4 is 52.0 Å². The SMILES string of the molecule is O=C(Cc1csc(SCc2cccc(Cl)c2)n1)Nc1ccc(N2CCOCC2)cc1. The van der Waals surface area contributed by atoms with E-state index in [-0.39, 0.29) is 12.3 Å². The van der Waals surface area contributed by atoms with E-state index in [4.69, 9.17) is 16.3 Å². The number of aromatic nitrogens is 1. The van der Waals surface area contributed by atoms with Gasteiger partial charge in [0.05, 0.1) is 25.3 Å². The minimum atomic E-state index is -0.0641. The third kappa shape index (κ3) is 5.98. The van der Waals surface area contributed by atoms with E-state index in [1.807, 2.05) is 53.9 Å². The lowest BCUT2D eigenvalue weighted by Crippen LogP contribution is -2.36. The number of ether oxygens (including phenoxy) is 1. The molecule has 1 amide bonds. The van der Waals surface area contributed by atoms with Gasteiger partial charge >= 0.3 is 0 Å². The molecule has 0 saturated carbocycles. The fourth-order valence-electron chi connectivity index (χ4n) is 3.15. The van der Waals surface area contributed by atoms with Gasteiger partial charge in [-0.05, 0) is 42.0 Å². The van der Waals surface area contributed by atoms with Crippen molar-refractivity contribution in [1.29, 1.82) is 0 Å². The zero-order chi connectivity index (χ0) is 20.8. The molecule has 0 radical (unpaired) electrons. The number of thioether (sulfide) groups is 1. The van der Waals surface area contributed by atoms with Gasteiger partial charge in [0.2, 0.25) is 5.91 Å². The molecular weight excluding hydrogens is 438 g/mol. The second kappa shape index (κ2) is 10.3. The first-order valence-corrected chi connectivity index (χ1v) is 11.9. The van der Waals surface area contributed by atoms with Gasteiger partial charge < -0.3 is 15.0 Å². The number of morpholine rings is 1. The zero-order valence-corrected chi connectivity index (χ0v) is 18.7. The minimum Gasteiger partial charge on any atom is -0.378 e. The molecule has 3 aromatic rings. The lowest BCUT2D eigenvalue weighted by Gasteiger charge is -2.28. The standard InChI is InChI=1S/C22H22ClN3O2S2/c23-17-3-1-2-16(12-17)14-29-22-25-19(15-30-22)13-21(27)24-18-4-6-20(7-5-18)26-8-10-28-11-9-26/h1-7,12,15H,8-11,13-14H2,(H,24,27). The van der Waals surface area contributed by atoms with E-state index in [2.05, 4.69) is 15.2 Å². The molecule has 156 valence electrons. The Kier molecular flexibility index (Phi) is 7.28. The van der Waals surface area contributed by atoms with Crippen molar-refractivity contribution < 1.29 is 9.53 Å². The molecule has 0 aliphatic carbocycles. The molecule has 8 heteroatoms. The second-order valence-corrected chi connectivity index (χ2v) is 9.41. The topological polar surface area (TPSA) is 54.5 Å². The van der Waals surface area contributed by atoms with E-state index in [0.717, 1.165) is 64.1 Å². The lowest BCUT2D eigenvalue weighted by molar-refractivity contribution is -0.115. The van der Waals surface area contributed by atoms with Gasteiger partial charge in [-0.25, -0.2) is 4.98 Å². The first kappa shape index (κ1) is 21.2. The number of nitrogens with zero attached hydrogens (tertiary/aromatic N) is 2. The summed E-state index contributed by atoms with van der Waals surface area (Å²) in [6.45, 7) is 3.30. The fraction of sp³-hybridized carbons (Fsp3) is 0.273. The van der Waals surface area contributed by atoms with Crippen molar-refractivity contribution in [2.45, 2.75) is 16.5 Å². The van der Waals surface area contributed by atoms with E-state index in [1.165, 1.54) is 0 Å². The quantitative estimate of drug-likeness (QED) is 0.498. The number of thiazole rings is 1. The van der Waals surface area contributed by atoms with E-state index in [1.54, 1.807) is 23.1 Å². The molecule has 0 unspecified atom stereocenters. The summed E-state index contributed by atoms with van der Waals surface area (Å²) in [7, 11) is 0. The summed E-state index contributed by atoms with van der Waals surface area (Å²) in [5, 5.41) is 5.64. The lowest BCUT2D eigenvalue weighted by atomic mass is 10.2. The van der Waals surface area contributed by atoms with Gasteiger partial charge in [0.1, 0.15) is 4.34 Å². The molecule has 1 saturated heterocycles. The first-order valence-electron chi connectivity index (χ1n) is 9.70. The predicted molar refractivity (Wildman–Crippen MR) is 125 cm³/mol.